The molecule has 8 heteroatoms. The zero-order chi connectivity index (χ0) is 22.0. The van der Waals surface area contributed by atoms with Gasteiger partial charge in [0, 0.05) is 17.7 Å². The van der Waals surface area contributed by atoms with Crippen molar-refractivity contribution in [3.05, 3.63) is 62.8 Å². The quantitative estimate of drug-likeness (QED) is 0.555. The molecule has 1 heterocycles. The first-order valence-electron chi connectivity index (χ1n) is 9.40. The molecule has 0 radical (unpaired) electrons. The highest BCUT2D eigenvalue weighted by molar-refractivity contribution is 5.97. The second kappa shape index (κ2) is 8.44. The highest BCUT2D eigenvalue weighted by Gasteiger charge is 2.20. The lowest BCUT2D eigenvalue weighted by Crippen LogP contribution is -2.42. The van der Waals surface area contributed by atoms with E-state index < -0.39 is 11.2 Å². The molecule has 0 saturated heterocycles. The van der Waals surface area contributed by atoms with E-state index in [0.29, 0.717) is 28.3 Å². The van der Waals surface area contributed by atoms with Gasteiger partial charge in [-0.05, 0) is 44.2 Å². The van der Waals surface area contributed by atoms with Gasteiger partial charge in [-0.3, -0.25) is 18.7 Å². The molecule has 3 rings (SSSR count). The van der Waals surface area contributed by atoms with Gasteiger partial charge >= 0.3 is 5.69 Å². The molecule has 0 N–H and O–H groups in total. The number of aromatic nitrogens is 2. The van der Waals surface area contributed by atoms with E-state index in [9.17, 15) is 14.4 Å². The molecule has 0 saturated carbocycles. The molecule has 0 spiro atoms. The van der Waals surface area contributed by atoms with Gasteiger partial charge in [-0.2, -0.15) is 0 Å². The molecule has 158 valence electrons. The number of nitrogens with zero attached hydrogens (tertiary/aromatic N) is 2. The fourth-order valence-electron chi connectivity index (χ4n) is 3.33. The number of ketones is 1. The molecule has 0 unspecified atom stereocenters. The number of methoxy groups -OCH3 is 3. The summed E-state index contributed by atoms with van der Waals surface area (Å²) in [6, 6.07) is 9.32. The summed E-state index contributed by atoms with van der Waals surface area (Å²) in [7, 11) is 4.47. The minimum absolute atomic E-state index is 0.232. The maximum Gasteiger partial charge on any atom is 0.332 e. The summed E-state index contributed by atoms with van der Waals surface area (Å²) in [4.78, 5) is 39.0. The van der Waals surface area contributed by atoms with Gasteiger partial charge in [-0.15, -0.1) is 0 Å². The first-order valence-corrected chi connectivity index (χ1v) is 9.40. The van der Waals surface area contributed by atoms with Crippen molar-refractivity contribution in [1.29, 1.82) is 0 Å². The number of rotatable bonds is 7. The average Bonchev–Trinajstić information content (AvgIpc) is 2.75. The summed E-state index contributed by atoms with van der Waals surface area (Å²) in [5, 5.41) is 0.267. The fourth-order valence-corrected chi connectivity index (χ4v) is 3.33. The van der Waals surface area contributed by atoms with Crippen molar-refractivity contribution in [3.8, 4) is 17.2 Å². The molecule has 30 heavy (non-hydrogen) atoms. The number of hydrogen-bond acceptors (Lipinski definition) is 6. The van der Waals surface area contributed by atoms with E-state index >= 15 is 0 Å². The Balaban J connectivity index is 2.24. The molecule has 0 aliphatic carbocycles. The average molecular weight is 412 g/mol. The van der Waals surface area contributed by atoms with Crippen LogP contribution in [0.5, 0.6) is 17.2 Å². The summed E-state index contributed by atoms with van der Waals surface area (Å²) >= 11 is 0. The summed E-state index contributed by atoms with van der Waals surface area (Å²) < 4.78 is 18.2. The molecular formula is C22H24N2O6. The maximum absolute atomic E-state index is 13.1. The Bertz CT molecular complexity index is 1210. The van der Waals surface area contributed by atoms with E-state index in [0.717, 1.165) is 4.57 Å². The standard InChI is InChI=1S/C22H24N2O6/c1-13(2)24-21(26)16-10-19(29-4)20(30-5)11-17(16)23(22(24)27)12-18(25)14-6-8-15(28-3)9-7-14/h6-11,13H,12H2,1-5H3. The van der Waals surface area contributed by atoms with Crippen molar-refractivity contribution < 1.29 is 19.0 Å². The van der Waals surface area contributed by atoms with Gasteiger partial charge in [0.1, 0.15) is 5.75 Å². The van der Waals surface area contributed by atoms with Crippen LogP contribution in [0.3, 0.4) is 0 Å². The van der Waals surface area contributed by atoms with Crippen LogP contribution in [-0.2, 0) is 6.54 Å². The molecule has 0 amide bonds. The van der Waals surface area contributed by atoms with Crippen molar-refractivity contribution in [3.63, 3.8) is 0 Å². The van der Waals surface area contributed by atoms with Crippen LogP contribution >= 0.6 is 0 Å². The third-order valence-electron chi connectivity index (χ3n) is 4.91. The van der Waals surface area contributed by atoms with Crippen LogP contribution < -0.4 is 25.5 Å². The van der Waals surface area contributed by atoms with Crippen LogP contribution in [0, 0.1) is 0 Å². The Morgan fingerprint density at radius 1 is 0.933 bits per heavy atom. The number of benzene rings is 2. The molecule has 0 fully saturated rings. The van der Waals surface area contributed by atoms with Crippen molar-refractivity contribution in [2.45, 2.75) is 26.4 Å². The Morgan fingerprint density at radius 3 is 2.07 bits per heavy atom. The zero-order valence-electron chi connectivity index (χ0n) is 17.6. The van der Waals surface area contributed by atoms with E-state index in [1.54, 1.807) is 51.3 Å². The normalized spacial score (nSPS) is 11.0. The largest absolute Gasteiger partial charge is 0.497 e. The van der Waals surface area contributed by atoms with Gasteiger partial charge in [0.05, 0.1) is 38.8 Å². The van der Waals surface area contributed by atoms with Crippen molar-refractivity contribution >= 4 is 16.7 Å². The summed E-state index contributed by atoms with van der Waals surface area (Å²) in [6.45, 7) is 3.25. The number of carbonyl (C=O) groups excluding carboxylic acids is 1. The number of ether oxygens (including phenoxy) is 3. The van der Waals surface area contributed by atoms with Crippen LogP contribution in [0.15, 0.2) is 46.0 Å². The van der Waals surface area contributed by atoms with E-state index in [2.05, 4.69) is 0 Å². The highest BCUT2D eigenvalue weighted by Crippen LogP contribution is 2.30. The Hall–Kier alpha value is -3.55. The van der Waals surface area contributed by atoms with Crippen LogP contribution in [-0.4, -0.2) is 36.2 Å². The van der Waals surface area contributed by atoms with E-state index in [1.807, 2.05) is 0 Å². The smallest absolute Gasteiger partial charge is 0.332 e. The lowest BCUT2D eigenvalue weighted by Gasteiger charge is -2.17. The maximum atomic E-state index is 13.1. The molecule has 0 bridgehead atoms. The van der Waals surface area contributed by atoms with Crippen LogP contribution in [0.1, 0.15) is 30.2 Å². The van der Waals surface area contributed by atoms with Crippen molar-refractivity contribution in [2.75, 3.05) is 21.3 Å². The number of fused-ring (bicyclic) bond motifs is 1. The first kappa shape index (κ1) is 21.2. The number of carbonyl (C=O) groups is 1. The van der Waals surface area contributed by atoms with E-state index in [-0.39, 0.29) is 23.8 Å². The lowest BCUT2D eigenvalue weighted by molar-refractivity contribution is 0.0971. The third kappa shape index (κ3) is 3.68. The third-order valence-corrected chi connectivity index (χ3v) is 4.91. The van der Waals surface area contributed by atoms with Gasteiger partial charge in [0.2, 0.25) is 0 Å². The van der Waals surface area contributed by atoms with Gasteiger partial charge in [-0.25, -0.2) is 4.79 Å². The molecule has 2 aromatic carbocycles. The van der Waals surface area contributed by atoms with Crippen LogP contribution in [0.4, 0.5) is 0 Å². The molecule has 3 aromatic rings. The van der Waals surface area contributed by atoms with E-state index in [4.69, 9.17) is 14.2 Å². The van der Waals surface area contributed by atoms with Gasteiger partial charge < -0.3 is 14.2 Å². The number of Topliss-reactive ketones (excluding diaryl/α,β-unsaturated/α-hetero) is 1. The van der Waals surface area contributed by atoms with Gasteiger partial charge in [0.25, 0.3) is 5.56 Å². The Morgan fingerprint density at radius 2 is 1.53 bits per heavy atom. The predicted octanol–water partition coefficient (Wildman–Crippen LogP) is 2.65. The molecule has 0 atom stereocenters. The minimum Gasteiger partial charge on any atom is -0.497 e. The molecule has 8 nitrogen and oxygen atoms in total. The molecular weight excluding hydrogens is 388 g/mol. The molecule has 0 aliphatic heterocycles. The van der Waals surface area contributed by atoms with Crippen LogP contribution in [0.25, 0.3) is 10.9 Å². The zero-order valence-corrected chi connectivity index (χ0v) is 17.6. The Kier molecular flexibility index (Phi) is 5.96. The predicted molar refractivity (Wildman–Crippen MR) is 113 cm³/mol. The topological polar surface area (TPSA) is 88.8 Å². The first-order chi connectivity index (χ1) is 14.3. The number of hydrogen-bond donors (Lipinski definition) is 0. The highest BCUT2D eigenvalue weighted by atomic mass is 16.5. The second-order valence-corrected chi connectivity index (χ2v) is 7.01. The van der Waals surface area contributed by atoms with Crippen molar-refractivity contribution in [1.82, 2.24) is 9.13 Å². The molecule has 0 aliphatic rings. The van der Waals surface area contributed by atoms with Gasteiger partial charge in [-0.1, -0.05) is 0 Å². The minimum atomic E-state index is -0.559. The summed E-state index contributed by atoms with van der Waals surface area (Å²) in [5.74, 6) is 1.07. The Labute approximate surface area is 173 Å². The van der Waals surface area contributed by atoms with E-state index in [1.165, 1.54) is 24.9 Å². The summed E-state index contributed by atoms with van der Waals surface area (Å²) in [5.41, 5.74) is -0.268. The second-order valence-electron chi connectivity index (χ2n) is 7.01. The summed E-state index contributed by atoms with van der Waals surface area (Å²) in [6.07, 6.45) is 0. The monoisotopic (exact) mass is 412 g/mol. The molecule has 1 aromatic heterocycles. The van der Waals surface area contributed by atoms with Gasteiger partial charge in [0.15, 0.2) is 17.3 Å². The lowest BCUT2D eigenvalue weighted by atomic mass is 10.1. The SMILES string of the molecule is COc1ccc(C(=O)Cn2c(=O)n(C(C)C)c(=O)c3cc(OC)c(OC)cc32)cc1. The van der Waals surface area contributed by atoms with Crippen LogP contribution in [0.2, 0.25) is 0 Å². The van der Waals surface area contributed by atoms with Crippen molar-refractivity contribution in [2.24, 2.45) is 0 Å². The fraction of sp³-hybridized carbons (Fsp3) is 0.318.